The van der Waals surface area contributed by atoms with Gasteiger partial charge in [-0.15, -0.1) is 0 Å². The highest BCUT2D eigenvalue weighted by molar-refractivity contribution is 5.73. The van der Waals surface area contributed by atoms with E-state index in [1.165, 1.54) is 0 Å². The highest BCUT2D eigenvalue weighted by atomic mass is 19.2. The molecule has 1 atom stereocenters. The van der Waals surface area contributed by atoms with Crippen molar-refractivity contribution in [2.24, 2.45) is 0 Å². The first kappa shape index (κ1) is 16.6. The second-order valence-corrected chi connectivity index (χ2v) is 4.47. The van der Waals surface area contributed by atoms with Crippen LogP contribution in [0.15, 0.2) is 18.2 Å². The molecule has 0 radical (unpaired) electrons. The van der Waals surface area contributed by atoms with Crippen LogP contribution in [0.2, 0.25) is 0 Å². The summed E-state index contributed by atoms with van der Waals surface area (Å²) in [4.78, 5) is 22.2. The first-order chi connectivity index (χ1) is 9.84. The number of aliphatic carboxylic acids is 1. The number of carbonyl (C=O) groups is 2. The molecule has 0 spiro atoms. The SMILES string of the molecule is COC(=O)CC(C#N)(CCC(=O)O)c1ccc(F)c(F)c1. The molecule has 1 aromatic rings. The Hall–Kier alpha value is -2.49. The van der Waals surface area contributed by atoms with Gasteiger partial charge in [0.05, 0.1) is 25.0 Å². The second-order valence-electron chi connectivity index (χ2n) is 4.47. The molecule has 112 valence electrons. The van der Waals surface area contributed by atoms with Crippen molar-refractivity contribution >= 4 is 11.9 Å². The van der Waals surface area contributed by atoms with Crippen LogP contribution in [0.3, 0.4) is 0 Å². The van der Waals surface area contributed by atoms with Gasteiger partial charge >= 0.3 is 11.9 Å². The van der Waals surface area contributed by atoms with Crippen molar-refractivity contribution in [1.29, 1.82) is 5.26 Å². The van der Waals surface area contributed by atoms with E-state index in [9.17, 15) is 23.6 Å². The lowest BCUT2D eigenvalue weighted by atomic mass is 9.75. The molecule has 0 fully saturated rings. The number of ether oxygens (including phenoxy) is 1. The fourth-order valence-electron chi connectivity index (χ4n) is 1.93. The van der Waals surface area contributed by atoms with Crippen LogP contribution in [0.1, 0.15) is 24.8 Å². The molecular formula is C14H13F2NO4. The highest BCUT2D eigenvalue weighted by Gasteiger charge is 2.36. The predicted molar refractivity (Wildman–Crippen MR) is 67.2 cm³/mol. The number of carboxylic acid groups (broad SMARTS) is 1. The minimum atomic E-state index is -1.58. The molecule has 0 aliphatic heterocycles. The largest absolute Gasteiger partial charge is 0.481 e. The number of nitrogens with zero attached hydrogens (tertiary/aromatic N) is 1. The third-order valence-corrected chi connectivity index (χ3v) is 3.13. The summed E-state index contributed by atoms with van der Waals surface area (Å²) in [6, 6.07) is 4.63. The summed E-state index contributed by atoms with van der Waals surface area (Å²) in [5.74, 6) is -4.18. The normalized spacial score (nSPS) is 13.0. The zero-order valence-corrected chi connectivity index (χ0v) is 11.2. The van der Waals surface area contributed by atoms with E-state index in [4.69, 9.17) is 5.11 Å². The number of carboxylic acids is 1. The number of carbonyl (C=O) groups excluding carboxylic acids is 1. The molecule has 0 aliphatic carbocycles. The van der Waals surface area contributed by atoms with Crippen LogP contribution in [0, 0.1) is 23.0 Å². The summed E-state index contributed by atoms with van der Waals surface area (Å²) in [5.41, 5.74) is -1.55. The molecule has 0 amide bonds. The zero-order chi connectivity index (χ0) is 16.0. The van der Waals surface area contributed by atoms with Crippen molar-refractivity contribution in [3.63, 3.8) is 0 Å². The van der Waals surface area contributed by atoms with Crippen molar-refractivity contribution in [3.05, 3.63) is 35.4 Å². The van der Waals surface area contributed by atoms with Gasteiger partial charge in [-0.05, 0) is 24.1 Å². The average Bonchev–Trinajstić information content (AvgIpc) is 2.46. The molecule has 7 heteroatoms. The van der Waals surface area contributed by atoms with E-state index in [1.807, 2.05) is 6.07 Å². The molecule has 1 N–H and O–H groups in total. The smallest absolute Gasteiger partial charge is 0.307 e. The fraction of sp³-hybridized carbons (Fsp3) is 0.357. The Kier molecular flexibility index (Phi) is 5.36. The Bertz CT molecular complexity index is 597. The van der Waals surface area contributed by atoms with Crippen LogP contribution < -0.4 is 0 Å². The number of rotatable bonds is 6. The molecule has 0 bridgehead atoms. The summed E-state index contributed by atoms with van der Waals surface area (Å²) in [6.45, 7) is 0. The number of hydrogen-bond acceptors (Lipinski definition) is 4. The topological polar surface area (TPSA) is 87.4 Å². The molecule has 1 rings (SSSR count). The number of esters is 1. The van der Waals surface area contributed by atoms with Crippen LogP contribution in [0.5, 0.6) is 0 Å². The van der Waals surface area contributed by atoms with Gasteiger partial charge in [0.25, 0.3) is 0 Å². The molecule has 0 aliphatic rings. The lowest BCUT2D eigenvalue weighted by Crippen LogP contribution is -2.29. The summed E-state index contributed by atoms with van der Waals surface area (Å²) in [6.07, 6.45) is -1.07. The molecule has 0 aromatic heterocycles. The van der Waals surface area contributed by atoms with E-state index in [0.29, 0.717) is 0 Å². The Morgan fingerprint density at radius 2 is 2.05 bits per heavy atom. The van der Waals surface area contributed by atoms with Crippen molar-refractivity contribution < 1.29 is 28.2 Å². The first-order valence-electron chi connectivity index (χ1n) is 6.00. The third kappa shape index (κ3) is 3.99. The molecule has 1 aromatic carbocycles. The standard InChI is InChI=1S/C14H13F2NO4/c1-21-13(20)7-14(8-17,5-4-12(18)19)9-2-3-10(15)11(16)6-9/h2-3,6H,4-5,7H2,1H3,(H,18,19). The maximum Gasteiger partial charge on any atom is 0.307 e. The van der Waals surface area contributed by atoms with Crippen LogP contribution in [-0.2, 0) is 19.7 Å². The third-order valence-electron chi connectivity index (χ3n) is 3.13. The molecule has 0 saturated heterocycles. The van der Waals surface area contributed by atoms with Crippen LogP contribution in [-0.4, -0.2) is 24.2 Å². The van der Waals surface area contributed by atoms with Crippen LogP contribution >= 0.6 is 0 Å². The summed E-state index contributed by atoms with van der Waals surface area (Å²) in [7, 11) is 1.12. The lowest BCUT2D eigenvalue weighted by molar-refractivity contribution is -0.143. The maximum absolute atomic E-state index is 13.3. The van der Waals surface area contributed by atoms with Gasteiger partial charge in [-0.25, -0.2) is 8.78 Å². The summed E-state index contributed by atoms with van der Waals surface area (Å²) in [5, 5.41) is 18.1. The number of methoxy groups -OCH3 is 1. The number of halogens is 2. The monoisotopic (exact) mass is 297 g/mol. The lowest BCUT2D eigenvalue weighted by Gasteiger charge is -2.25. The van der Waals surface area contributed by atoms with Crippen molar-refractivity contribution in [2.75, 3.05) is 7.11 Å². The van der Waals surface area contributed by atoms with Crippen LogP contribution in [0.4, 0.5) is 8.78 Å². The summed E-state index contributed by atoms with van der Waals surface area (Å²) >= 11 is 0. The molecule has 0 saturated carbocycles. The Labute approximate surface area is 119 Å². The fourth-order valence-corrected chi connectivity index (χ4v) is 1.93. The predicted octanol–water partition coefficient (Wildman–Crippen LogP) is 2.15. The Morgan fingerprint density at radius 3 is 2.52 bits per heavy atom. The minimum Gasteiger partial charge on any atom is -0.481 e. The molecular weight excluding hydrogens is 284 g/mol. The van der Waals surface area contributed by atoms with Gasteiger partial charge in [-0.1, -0.05) is 6.07 Å². The van der Waals surface area contributed by atoms with E-state index in [2.05, 4.69) is 4.74 Å². The molecule has 5 nitrogen and oxygen atoms in total. The van der Waals surface area contributed by atoms with Gasteiger partial charge in [-0.2, -0.15) is 5.26 Å². The number of hydrogen-bond donors (Lipinski definition) is 1. The average molecular weight is 297 g/mol. The van der Waals surface area contributed by atoms with Crippen molar-refractivity contribution in [2.45, 2.75) is 24.7 Å². The van der Waals surface area contributed by atoms with Crippen molar-refractivity contribution in [1.82, 2.24) is 0 Å². The maximum atomic E-state index is 13.3. The van der Waals surface area contributed by atoms with E-state index < -0.39 is 41.8 Å². The van der Waals surface area contributed by atoms with E-state index in [0.717, 1.165) is 25.3 Å². The second kappa shape index (κ2) is 6.79. The van der Waals surface area contributed by atoms with Crippen LogP contribution in [0.25, 0.3) is 0 Å². The van der Waals surface area contributed by atoms with Crippen molar-refractivity contribution in [3.8, 4) is 6.07 Å². The minimum absolute atomic E-state index is 0.0375. The van der Waals surface area contributed by atoms with Gasteiger partial charge in [0, 0.05) is 6.42 Å². The molecule has 1 unspecified atom stereocenters. The molecule has 21 heavy (non-hydrogen) atoms. The van der Waals surface area contributed by atoms with E-state index in [-0.39, 0.29) is 12.0 Å². The van der Waals surface area contributed by atoms with Gasteiger partial charge in [-0.3, -0.25) is 9.59 Å². The number of nitriles is 1. The zero-order valence-electron chi connectivity index (χ0n) is 11.2. The van der Waals surface area contributed by atoms with E-state index >= 15 is 0 Å². The Morgan fingerprint density at radius 1 is 1.38 bits per heavy atom. The van der Waals surface area contributed by atoms with Gasteiger partial charge in [0.2, 0.25) is 0 Å². The van der Waals surface area contributed by atoms with Gasteiger partial charge in [0.1, 0.15) is 0 Å². The summed E-state index contributed by atoms with van der Waals surface area (Å²) < 4.78 is 30.8. The molecule has 0 heterocycles. The Balaban J connectivity index is 3.26. The van der Waals surface area contributed by atoms with E-state index in [1.54, 1.807) is 0 Å². The highest BCUT2D eigenvalue weighted by Crippen LogP contribution is 2.34. The number of benzene rings is 1. The quantitative estimate of drug-likeness (QED) is 0.813. The van der Waals surface area contributed by atoms with Gasteiger partial charge in [0.15, 0.2) is 11.6 Å². The first-order valence-corrected chi connectivity index (χ1v) is 6.00. The van der Waals surface area contributed by atoms with Gasteiger partial charge < -0.3 is 9.84 Å².